The van der Waals surface area contributed by atoms with Gasteiger partial charge in [-0.25, -0.2) is 0 Å². The number of cyclic esters (lactones) is 1. The normalized spacial score (nSPS) is 30.9. The molecule has 0 saturated carbocycles. The molecule has 80 valence electrons. The topological polar surface area (TPSA) is 29.5 Å². The fourth-order valence-electron chi connectivity index (χ4n) is 2.39. The van der Waals surface area contributed by atoms with Gasteiger partial charge in [-0.2, -0.15) is 0 Å². The lowest BCUT2D eigenvalue weighted by Crippen LogP contribution is -2.41. The average Bonchev–Trinajstić information content (AvgIpc) is 2.65. The van der Waals surface area contributed by atoms with E-state index in [-0.39, 0.29) is 12.0 Å². The Morgan fingerprint density at radius 2 is 1.86 bits per heavy atom. The minimum absolute atomic E-state index is 0.0200. The van der Waals surface area contributed by atoms with E-state index in [0.717, 1.165) is 25.9 Å². The summed E-state index contributed by atoms with van der Waals surface area (Å²) in [6.45, 7) is 2.79. The Hall–Kier alpha value is -0.570. The minimum Gasteiger partial charge on any atom is -0.465 e. The number of hydrogen-bond donors (Lipinski definition) is 0. The van der Waals surface area contributed by atoms with Gasteiger partial charge in [-0.1, -0.05) is 6.42 Å². The summed E-state index contributed by atoms with van der Waals surface area (Å²) in [5.41, 5.74) is 0. The SMILES string of the molecule is O=C1OCCCCCC1N1CCCC1. The van der Waals surface area contributed by atoms with Gasteiger partial charge in [0.15, 0.2) is 0 Å². The number of ether oxygens (including phenoxy) is 1. The minimum atomic E-state index is 0.0200. The molecule has 0 bridgehead atoms. The van der Waals surface area contributed by atoms with Gasteiger partial charge in [-0.15, -0.1) is 0 Å². The first-order valence-corrected chi connectivity index (χ1v) is 5.78. The summed E-state index contributed by atoms with van der Waals surface area (Å²) >= 11 is 0. The van der Waals surface area contributed by atoms with Gasteiger partial charge in [0.1, 0.15) is 6.04 Å². The van der Waals surface area contributed by atoms with E-state index in [1.165, 1.54) is 25.7 Å². The van der Waals surface area contributed by atoms with Crippen molar-refractivity contribution in [1.29, 1.82) is 0 Å². The highest BCUT2D eigenvalue weighted by atomic mass is 16.5. The Kier molecular flexibility index (Phi) is 3.40. The molecular formula is C11H19NO2. The molecule has 2 heterocycles. The Morgan fingerprint density at radius 3 is 2.64 bits per heavy atom. The van der Waals surface area contributed by atoms with Gasteiger partial charge in [0.25, 0.3) is 0 Å². The molecule has 2 aliphatic heterocycles. The molecule has 2 fully saturated rings. The highest BCUT2D eigenvalue weighted by Gasteiger charge is 2.29. The second-order valence-electron chi connectivity index (χ2n) is 4.28. The molecular weight excluding hydrogens is 178 g/mol. The molecule has 2 rings (SSSR count). The van der Waals surface area contributed by atoms with Crippen LogP contribution in [0.5, 0.6) is 0 Å². The smallest absolute Gasteiger partial charge is 0.323 e. The molecule has 1 atom stereocenters. The number of rotatable bonds is 1. The van der Waals surface area contributed by atoms with Gasteiger partial charge in [0, 0.05) is 0 Å². The largest absolute Gasteiger partial charge is 0.465 e. The highest BCUT2D eigenvalue weighted by Crippen LogP contribution is 2.19. The lowest BCUT2D eigenvalue weighted by Gasteiger charge is -2.27. The fourth-order valence-corrected chi connectivity index (χ4v) is 2.39. The van der Waals surface area contributed by atoms with E-state index in [0.29, 0.717) is 6.61 Å². The Bertz CT molecular complexity index is 199. The van der Waals surface area contributed by atoms with Crippen LogP contribution >= 0.6 is 0 Å². The predicted octanol–water partition coefficient (Wildman–Crippen LogP) is 1.57. The molecule has 0 aromatic rings. The number of likely N-dealkylation sites (tertiary alicyclic amines) is 1. The molecule has 3 nitrogen and oxygen atoms in total. The maximum atomic E-state index is 11.7. The molecule has 0 aromatic heterocycles. The fraction of sp³-hybridized carbons (Fsp3) is 0.909. The highest BCUT2D eigenvalue weighted by molar-refractivity contribution is 5.75. The van der Waals surface area contributed by atoms with Crippen molar-refractivity contribution in [2.24, 2.45) is 0 Å². The van der Waals surface area contributed by atoms with Gasteiger partial charge in [-0.05, 0) is 45.2 Å². The zero-order valence-corrected chi connectivity index (χ0v) is 8.71. The zero-order chi connectivity index (χ0) is 9.80. The molecule has 0 amide bonds. The number of esters is 1. The number of hydrogen-bond acceptors (Lipinski definition) is 3. The number of carbonyl (C=O) groups excluding carboxylic acids is 1. The molecule has 1 unspecified atom stereocenters. The summed E-state index contributed by atoms with van der Waals surface area (Å²) in [5, 5.41) is 0. The van der Waals surface area contributed by atoms with E-state index in [4.69, 9.17) is 4.74 Å². The van der Waals surface area contributed by atoms with Gasteiger partial charge in [-0.3, -0.25) is 9.69 Å². The van der Waals surface area contributed by atoms with Gasteiger partial charge < -0.3 is 4.74 Å². The molecule has 0 N–H and O–H groups in total. The van der Waals surface area contributed by atoms with E-state index in [2.05, 4.69) is 4.90 Å². The maximum Gasteiger partial charge on any atom is 0.323 e. The first kappa shape index (κ1) is 9.97. The number of carbonyl (C=O) groups is 1. The van der Waals surface area contributed by atoms with Crippen molar-refractivity contribution in [3.8, 4) is 0 Å². The van der Waals surface area contributed by atoms with Crippen molar-refractivity contribution in [3.63, 3.8) is 0 Å². The van der Waals surface area contributed by atoms with E-state index < -0.39 is 0 Å². The van der Waals surface area contributed by atoms with Crippen molar-refractivity contribution in [2.45, 2.75) is 44.6 Å². The van der Waals surface area contributed by atoms with Crippen LogP contribution in [0.4, 0.5) is 0 Å². The lowest BCUT2D eigenvalue weighted by atomic mass is 10.1. The Balaban J connectivity index is 1.94. The van der Waals surface area contributed by atoms with Gasteiger partial charge >= 0.3 is 5.97 Å². The van der Waals surface area contributed by atoms with Crippen molar-refractivity contribution in [2.75, 3.05) is 19.7 Å². The van der Waals surface area contributed by atoms with Crippen molar-refractivity contribution in [1.82, 2.24) is 4.90 Å². The molecule has 2 aliphatic rings. The number of nitrogens with zero attached hydrogens (tertiary/aromatic N) is 1. The van der Waals surface area contributed by atoms with Gasteiger partial charge in [0.05, 0.1) is 6.61 Å². The van der Waals surface area contributed by atoms with Crippen LogP contribution in [0.1, 0.15) is 38.5 Å². The zero-order valence-electron chi connectivity index (χ0n) is 8.71. The third kappa shape index (κ3) is 2.27. The van der Waals surface area contributed by atoms with Gasteiger partial charge in [0.2, 0.25) is 0 Å². The van der Waals surface area contributed by atoms with Crippen molar-refractivity contribution in [3.05, 3.63) is 0 Å². The molecule has 0 radical (unpaired) electrons. The lowest BCUT2D eigenvalue weighted by molar-refractivity contribution is -0.151. The van der Waals surface area contributed by atoms with Crippen LogP contribution < -0.4 is 0 Å². The van der Waals surface area contributed by atoms with Crippen LogP contribution in [0.15, 0.2) is 0 Å². The first-order valence-electron chi connectivity index (χ1n) is 5.78. The molecule has 0 aromatic carbocycles. The summed E-state index contributed by atoms with van der Waals surface area (Å²) in [7, 11) is 0. The van der Waals surface area contributed by atoms with Crippen LogP contribution in [-0.2, 0) is 9.53 Å². The Morgan fingerprint density at radius 1 is 1.07 bits per heavy atom. The summed E-state index contributed by atoms with van der Waals surface area (Å²) in [6, 6.07) is 0.0674. The standard InChI is InChI=1S/C11H19NO2/c13-11-10(12-7-3-4-8-12)6-2-1-5-9-14-11/h10H,1-9H2. The summed E-state index contributed by atoms with van der Waals surface area (Å²) in [6.07, 6.45) is 6.90. The first-order chi connectivity index (χ1) is 6.88. The van der Waals surface area contributed by atoms with E-state index in [9.17, 15) is 4.79 Å². The predicted molar refractivity (Wildman–Crippen MR) is 54.0 cm³/mol. The van der Waals surface area contributed by atoms with Crippen LogP contribution in [0.25, 0.3) is 0 Å². The molecule has 0 aliphatic carbocycles. The molecule has 3 heteroatoms. The van der Waals surface area contributed by atoms with Crippen LogP contribution in [-0.4, -0.2) is 36.6 Å². The van der Waals surface area contributed by atoms with Crippen molar-refractivity contribution < 1.29 is 9.53 Å². The van der Waals surface area contributed by atoms with E-state index in [1.807, 2.05) is 0 Å². The molecule has 2 saturated heterocycles. The summed E-state index contributed by atoms with van der Waals surface area (Å²) in [5.74, 6) is 0.0200. The van der Waals surface area contributed by atoms with E-state index in [1.54, 1.807) is 0 Å². The van der Waals surface area contributed by atoms with E-state index >= 15 is 0 Å². The third-order valence-corrected chi connectivity index (χ3v) is 3.22. The third-order valence-electron chi connectivity index (χ3n) is 3.22. The maximum absolute atomic E-state index is 11.7. The second kappa shape index (κ2) is 4.78. The summed E-state index contributed by atoms with van der Waals surface area (Å²) < 4.78 is 5.23. The molecule has 14 heavy (non-hydrogen) atoms. The Labute approximate surface area is 85.4 Å². The molecule has 0 spiro atoms. The summed E-state index contributed by atoms with van der Waals surface area (Å²) in [4.78, 5) is 14.0. The second-order valence-corrected chi connectivity index (χ2v) is 4.28. The van der Waals surface area contributed by atoms with Crippen LogP contribution in [0.3, 0.4) is 0 Å². The van der Waals surface area contributed by atoms with Crippen molar-refractivity contribution >= 4 is 5.97 Å². The average molecular weight is 197 g/mol. The van der Waals surface area contributed by atoms with Crippen LogP contribution in [0, 0.1) is 0 Å². The monoisotopic (exact) mass is 197 g/mol. The quantitative estimate of drug-likeness (QED) is 0.598. The van der Waals surface area contributed by atoms with Crippen LogP contribution in [0.2, 0.25) is 0 Å².